The molecule has 0 atom stereocenters. The van der Waals surface area contributed by atoms with Crippen LogP contribution in [0.4, 0.5) is 11.6 Å². The highest BCUT2D eigenvalue weighted by Gasteiger charge is 2.21. The van der Waals surface area contributed by atoms with Gasteiger partial charge in [-0.3, -0.25) is 9.36 Å². The summed E-state index contributed by atoms with van der Waals surface area (Å²) in [5, 5.41) is 4.19. The summed E-state index contributed by atoms with van der Waals surface area (Å²) in [6.07, 6.45) is 5.41. The van der Waals surface area contributed by atoms with Crippen molar-refractivity contribution in [2.45, 2.75) is 45.6 Å². The fourth-order valence-electron chi connectivity index (χ4n) is 3.42. The number of para-hydroxylation sites is 1. The van der Waals surface area contributed by atoms with Crippen molar-refractivity contribution >= 4 is 33.2 Å². The lowest BCUT2D eigenvalue weighted by Gasteiger charge is -2.14. The number of rotatable bonds is 4. The van der Waals surface area contributed by atoms with Gasteiger partial charge in [-0.15, -0.1) is 11.3 Å². The van der Waals surface area contributed by atoms with E-state index in [0.29, 0.717) is 12.5 Å². The molecule has 0 bridgehead atoms. The zero-order valence-electron chi connectivity index (χ0n) is 13.8. The highest BCUT2D eigenvalue weighted by molar-refractivity contribution is 7.18. The van der Waals surface area contributed by atoms with E-state index in [2.05, 4.69) is 12.2 Å². The second kappa shape index (κ2) is 6.40. The van der Waals surface area contributed by atoms with Crippen molar-refractivity contribution in [3.63, 3.8) is 0 Å². The number of benzene rings is 1. The maximum absolute atomic E-state index is 13.2. The van der Waals surface area contributed by atoms with Gasteiger partial charge >= 0.3 is 0 Å². The Balaban J connectivity index is 1.89. The van der Waals surface area contributed by atoms with Crippen LogP contribution in [0.5, 0.6) is 0 Å². The Bertz CT molecular complexity index is 927. The molecule has 1 aliphatic carbocycles. The summed E-state index contributed by atoms with van der Waals surface area (Å²) in [4.78, 5) is 20.2. The van der Waals surface area contributed by atoms with Crippen LogP contribution in [-0.4, -0.2) is 9.55 Å². The van der Waals surface area contributed by atoms with Gasteiger partial charge in [0.05, 0.1) is 5.39 Å². The molecule has 0 spiro atoms. The molecule has 0 saturated heterocycles. The first-order valence-corrected chi connectivity index (χ1v) is 9.46. The predicted octanol–water partition coefficient (Wildman–Crippen LogP) is 4.49. The molecule has 0 radical (unpaired) electrons. The number of hydrogen-bond acceptors (Lipinski definition) is 4. The molecule has 0 unspecified atom stereocenters. The van der Waals surface area contributed by atoms with Gasteiger partial charge in [0.2, 0.25) is 5.95 Å². The summed E-state index contributed by atoms with van der Waals surface area (Å²) in [6.45, 7) is 2.77. The average Bonchev–Trinajstić information content (AvgIpc) is 2.97. The van der Waals surface area contributed by atoms with Crippen LogP contribution in [0, 0.1) is 0 Å². The zero-order valence-corrected chi connectivity index (χ0v) is 14.7. The van der Waals surface area contributed by atoms with E-state index in [1.54, 1.807) is 15.9 Å². The summed E-state index contributed by atoms with van der Waals surface area (Å²) in [5.74, 6) is 0.652. The minimum atomic E-state index is 0.111. The molecule has 2 aromatic heterocycles. The van der Waals surface area contributed by atoms with Crippen LogP contribution < -0.4 is 10.9 Å². The topological polar surface area (TPSA) is 46.9 Å². The molecule has 5 heteroatoms. The second-order valence-corrected chi connectivity index (χ2v) is 7.36. The maximum atomic E-state index is 13.2. The molecule has 0 aliphatic heterocycles. The monoisotopic (exact) mass is 339 g/mol. The number of anilines is 2. The lowest BCUT2D eigenvalue weighted by Crippen LogP contribution is -2.24. The summed E-state index contributed by atoms with van der Waals surface area (Å²) in [7, 11) is 0. The molecule has 1 aromatic carbocycles. The lowest BCUT2D eigenvalue weighted by molar-refractivity contribution is 0.655. The zero-order chi connectivity index (χ0) is 16.5. The third kappa shape index (κ3) is 2.63. The number of hydrogen-bond donors (Lipinski definition) is 1. The third-order valence-corrected chi connectivity index (χ3v) is 5.74. The molecular formula is C19H21N3OS. The Morgan fingerprint density at radius 3 is 2.79 bits per heavy atom. The molecule has 0 fully saturated rings. The Labute approximate surface area is 145 Å². The molecule has 2 heterocycles. The van der Waals surface area contributed by atoms with E-state index in [9.17, 15) is 4.79 Å². The Morgan fingerprint density at radius 1 is 1.21 bits per heavy atom. The second-order valence-electron chi connectivity index (χ2n) is 6.27. The summed E-state index contributed by atoms with van der Waals surface area (Å²) < 4.78 is 1.80. The van der Waals surface area contributed by atoms with Gasteiger partial charge in [0, 0.05) is 17.1 Å². The highest BCUT2D eigenvalue weighted by Crippen LogP contribution is 2.34. The average molecular weight is 339 g/mol. The van der Waals surface area contributed by atoms with E-state index in [1.807, 2.05) is 30.3 Å². The number of nitrogens with zero attached hydrogens (tertiary/aromatic N) is 2. The van der Waals surface area contributed by atoms with Gasteiger partial charge in [0.1, 0.15) is 4.83 Å². The van der Waals surface area contributed by atoms with Crippen molar-refractivity contribution in [1.82, 2.24) is 9.55 Å². The van der Waals surface area contributed by atoms with Crippen LogP contribution >= 0.6 is 11.3 Å². The van der Waals surface area contributed by atoms with Gasteiger partial charge < -0.3 is 5.32 Å². The van der Waals surface area contributed by atoms with Gasteiger partial charge in [-0.2, -0.15) is 0 Å². The maximum Gasteiger partial charge on any atom is 0.263 e. The van der Waals surface area contributed by atoms with Crippen LogP contribution in [0.25, 0.3) is 10.2 Å². The van der Waals surface area contributed by atoms with E-state index in [4.69, 9.17) is 4.98 Å². The van der Waals surface area contributed by atoms with Gasteiger partial charge in [-0.1, -0.05) is 25.1 Å². The number of thiophene rings is 1. The predicted molar refractivity (Wildman–Crippen MR) is 101 cm³/mol. The van der Waals surface area contributed by atoms with Crippen LogP contribution in [0.15, 0.2) is 35.1 Å². The summed E-state index contributed by atoms with van der Waals surface area (Å²) in [5.41, 5.74) is 2.32. The van der Waals surface area contributed by atoms with Crippen molar-refractivity contribution in [2.75, 3.05) is 5.32 Å². The highest BCUT2D eigenvalue weighted by atomic mass is 32.1. The van der Waals surface area contributed by atoms with Crippen molar-refractivity contribution in [3.05, 3.63) is 51.1 Å². The van der Waals surface area contributed by atoms with Crippen LogP contribution in [0.3, 0.4) is 0 Å². The van der Waals surface area contributed by atoms with Crippen LogP contribution in [0.2, 0.25) is 0 Å². The lowest BCUT2D eigenvalue weighted by atomic mass is 9.97. The molecule has 1 aliphatic rings. The van der Waals surface area contributed by atoms with Crippen molar-refractivity contribution in [3.8, 4) is 0 Å². The fourth-order valence-corrected chi connectivity index (χ4v) is 4.67. The molecule has 24 heavy (non-hydrogen) atoms. The minimum absolute atomic E-state index is 0.111. The first-order valence-electron chi connectivity index (χ1n) is 8.65. The standard InChI is InChI=1S/C19H21N3OS/c1-2-12-22-18(23)16-14-10-6-7-11-15(14)24-17(16)21-19(22)20-13-8-4-3-5-9-13/h3-5,8-9H,2,6-7,10-12H2,1H3,(H,20,21). The smallest absolute Gasteiger partial charge is 0.263 e. The van der Waals surface area contributed by atoms with Gasteiger partial charge in [0.15, 0.2) is 0 Å². The van der Waals surface area contributed by atoms with Crippen LogP contribution in [0.1, 0.15) is 36.6 Å². The number of aromatic nitrogens is 2. The SMILES string of the molecule is CCCn1c(Nc2ccccc2)nc2sc3c(c2c1=O)CCCC3. The third-order valence-electron chi connectivity index (χ3n) is 4.55. The fraction of sp³-hybridized carbons (Fsp3) is 0.368. The van der Waals surface area contributed by atoms with Gasteiger partial charge in [-0.25, -0.2) is 4.98 Å². The molecule has 0 amide bonds. The number of nitrogens with one attached hydrogen (secondary N) is 1. The van der Waals surface area contributed by atoms with Gasteiger partial charge in [-0.05, 0) is 49.8 Å². The Morgan fingerprint density at radius 2 is 2.00 bits per heavy atom. The van der Waals surface area contributed by atoms with Gasteiger partial charge in [0.25, 0.3) is 5.56 Å². The largest absolute Gasteiger partial charge is 0.325 e. The first-order chi connectivity index (χ1) is 11.8. The molecule has 1 N–H and O–H groups in total. The van der Waals surface area contributed by atoms with E-state index in [1.165, 1.54) is 23.3 Å². The van der Waals surface area contributed by atoms with E-state index < -0.39 is 0 Å². The van der Waals surface area contributed by atoms with E-state index in [0.717, 1.165) is 35.2 Å². The van der Waals surface area contributed by atoms with E-state index in [-0.39, 0.29) is 5.56 Å². The quantitative estimate of drug-likeness (QED) is 0.762. The van der Waals surface area contributed by atoms with Crippen molar-refractivity contribution < 1.29 is 0 Å². The van der Waals surface area contributed by atoms with Crippen molar-refractivity contribution in [1.29, 1.82) is 0 Å². The molecular weight excluding hydrogens is 318 g/mol. The first kappa shape index (κ1) is 15.4. The van der Waals surface area contributed by atoms with Crippen molar-refractivity contribution in [2.24, 2.45) is 0 Å². The van der Waals surface area contributed by atoms with E-state index >= 15 is 0 Å². The summed E-state index contributed by atoms with van der Waals surface area (Å²) in [6, 6.07) is 9.92. The summed E-state index contributed by atoms with van der Waals surface area (Å²) >= 11 is 1.70. The Hall–Kier alpha value is -2.14. The number of fused-ring (bicyclic) bond motifs is 3. The Kier molecular flexibility index (Phi) is 4.10. The minimum Gasteiger partial charge on any atom is -0.325 e. The van der Waals surface area contributed by atoms with Crippen LogP contribution in [-0.2, 0) is 19.4 Å². The number of aryl methyl sites for hydroxylation is 2. The molecule has 0 saturated carbocycles. The molecule has 4 rings (SSSR count). The molecule has 3 aromatic rings. The normalized spacial score (nSPS) is 13.9. The molecule has 4 nitrogen and oxygen atoms in total. The molecule has 124 valence electrons.